The third-order valence-corrected chi connectivity index (χ3v) is 7.37. The molecule has 0 saturated heterocycles. The van der Waals surface area contributed by atoms with Crippen molar-refractivity contribution in [2.24, 2.45) is 5.92 Å². The highest BCUT2D eigenvalue weighted by molar-refractivity contribution is 7.16. The third-order valence-electron chi connectivity index (χ3n) is 6.24. The maximum absolute atomic E-state index is 12.8. The molecular formula is C25H23N5O2S. The Hall–Kier alpha value is -3.70. The fourth-order valence-electron chi connectivity index (χ4n) is 4.33. The van der Waals surface area contributed by atoms with Crippen LogP contribution in [-0.4, -0.2) is 28.4 Å². The minimum absolute atomic E-state index is 0.0362. The van der Waals surface area contributed by atoms with Gasteiger partial charge in [-0.2, -0.15) is 5.26 Å². The number of nitriles is 1. The highest BCUT2D eigenvalue weighted by Gasteiger charge is 2.44. The van der Waals surface area contributed by atoms with Crippen LogP contribution in [0.4, 0.5) is 9.80 Å². The minimum Gasteiger partial charge on any atom is -0.334 e. The molecule has 1 aromatic carbocycles. The topological polar surface area (TPSA) is 98.1 Å². The number of hydrogen-bond donors (Lipinski definition) is 2. The zero-order valence-electron chi connectivity index (χ0n) is 18.0. The van der Waals surface area contributed by atoms with Gasteiger partial charge < -0.3 is 15.5 Å². The predicted molar refractivity (Wildman–Crippen MR) is 126 cm³/mol. The van der Waals surface area contributed by atoms with E-state index in [0.29, 0.717) is 36.6 Å². The number of urea groups is 1. The molecule has 1 aliphatic carbocycles. The summed E-state index contributed by atoms with van der Waals surface area (Å²) >= 11 is 1.41. The molecule has 3 amide bonds. The smallest absolute Gasteiger partial charge is 0.318 e. The lowest BCUT2D eigenvalue weighted by Crippen LogP contribution is -2.42. The van der Waals surface area contributed by atoms with Gasteiger partial charge in [-0.1, -0.05) is 30.3 Å². The molecule has 166 valence electrons. The average molecular weight is 458 g/mol. The van der Waals surface area contributed by atoms with Crippen molar-refractivity contribution in [3.63, 3.8) is 0 Å². The zero-order valence-corrected chi connectivity index (χ0v) is 18.8. The second-order valence-electron chi connectivity index (χ2n) is 8.35. The van der Waals surface area contributed by atoms with E-state index < -0.39 is 0 Å². The van der Waals surface area contributed by atoms with Crippen LogP contribution in [0.1, 0.15) is 39.5 Å². The van der Waals surface area contributed by atoms with Gasteiger partial charge in [0.25, 0.3) is 0 Å². The highest BCUT2D eigenvalue weighted by Crippen LogP contribution is 2.48. The minimum atomic E-state index is -0.140. The van der Waals surface area contributed by atoms with Gasteiger partial charge in [-0.15, -0.1) is 11.3 Å². The van der Waals surface area contributed by atoms with Crippen molar-refractivity contribution in [3.05, 3.63) is 82.0 Å². The van der Waals surface area contributed by atoms with E-state index in [1.54, 1.807) is 17.3 Å². The van der Waals surface area contributed by atoms with E-state index in [-0.39, 0.29) is 23.8 Å². The first-order valence-corrected chi connectivity index (χ1v) is 11.8. The number of nitrogens with zero attached hydrogens (tertiary/aromatic N) is 3. The summed E-state index contributed by atoms with van der Waals surface area (Å²) < 4.78 is 0. The number of hydrogen-bond acceptors (Lipinski definition) is 5. The number of amides is 3. The molecule has 5 rings (SSSR count). The van der Waals surface area contributed by atoms with Crippen molar-refractivity contribution in [2.75, 3.05) is 11.9 Å². The first-order chi connectivity index (χ1) is 16.1. The average Bonchev–Trinajstić information content (AvgIpc) is 3.59. The van der Waals surface area contributed by atoms with Gasteiger partial charge in [0.2, 0.25) is 5.91 Å². The van der Waals surface area contributed by atoms with Crippen LogP contribution in [0, 0.1) is 17.2 Å². The number of aromatic nitrogens is 1. The number of carbonyl (C=O) groups is 2. The lowest BCUT2D eigenvalue weighted by Gasteiger charge is -2.27. The summed E-state index contributed by atoms with van der Waals surface area (Å²) in [5.74, 6) is 0.144. The molecule has 7 nitrogen and oxygen atoms in total. The van der Waals surface area contributed by atoms with Crippen molar-refractivity contribution in [3.8, 4) is 6.07 Å². The molecule has 0 radical (unpaired) electrons. The maximum Gasteiger partial charge on any atom is 0.318 e. The summed E-state index contributed by atoms with van der Waals surface area (Å²) in [4.78, 5) is 32.2. The Kier molecular flexibility index (Phi) is 5.80. The van der Waals surface area contributed by atoms with Crippen molar-refractivity contribution < 1.29 is 9.59 Å². The van der Waals surface area contributed by atoms with Gasteiger partial charge in [0, 0.05) is 36.3 Å². The van der Waals surface area contributed by atoms with Crippen LogP contribution in [-0.2, 0) is 24.3 Å². The third kappa shape index (κ3) is 4.45. The van der Waals surface area contributed by atoms with E-state index in [2.05, 4.69) is 33.8 Å². The van der Waals surface area contributed by atoms with Crippen molar-refractivity contribution in [1.29, 1.82) is 5.26 Å². The van der Waals surface area contributed by atoms with Crippen LogP contribution in [0.2, 0.25) is 0 Å². The van der Waals surface area contributed by atoms with Gasteiger partial charge in [-0.25, -0.2) is 4.79 Å². The van der Waals surface area contributed by atoms with Crippen LogP contribution < -0.4 is 10.6 Å². The predicted octanol–water partition coefficient (Wildman–Crippen LogP) is 4.02. The molecule has 0 spiro atoms. The maximum atomic E-state index is 12.8. The molecule has 2 unspecified atom stereocenters. The highest BCUT2D eigenvalue weighted by atomic mass is 32.1. The summed E-state index contributed by atoms with van der Waals surface area (Å²) in [5, 5.41) is 16.3. The molecule has 3 aromatic rings. The largest absolute Gasteiger partial charge is 0.334 e. The number of anilines is 1. The fourth-order valence-corrected chi connectivity index (χ4v) is 5.55. The Morgan fingerprint density at radius 2 is 1.97 bits per heavy atom. The Morgan fingerprint density at radius 1 is 1.18 bits per heavy atom. The van der Waals surface area contributed by atoms with E-state index >= 15 is 0 Å². The second-order valence-corrected chi connectivity index (χ2v) is 9.46. The molecule has 2 atom stereocenters. The molecule has 2 aliphatic rings. The Bertz CT molecular complexity index is 1220. The van der Waals surface area contributed by atoms with Crippen LogP contribution in [0.15, 0.2) is 54.9 Å². The summed E-state index contributed by atoms with van der Waals surface area (Å²) in [7, 11) is 0. The monoisotopic (exact) mass is 457 g/mol. The normalized spacial score (nSPS) is 18.7. The van der Waals surface area contributed by atoms with Crippen LogP contribution in [0.25, 0.3) is 0 Å². The summed E-state index contributed by atoms with van der Waals surface area (Å²) in [6, 6.07) is 15.9. The number of benzene rings is 1. The molecule has 1 fully saturated rings. The first kappa shape index (κ1) is 21.2. The molecule has 8 heteroatoms. The Labute approximate surface area is 196 Å². The number of pyridine rings is 1. The molecular weight excluding hydrogens is 434 g/mol. The Balaban J connectivity index is 1.23. The van der Waals surface area contributed by atoms with Crippen molar-refractivity contribution in [1.82, 2.24) is 15.2 Å². The van der Waals surface area contributed by atoms with Gasteiger partial charge in [-0.3, -0.25) is 9.78 Å². The lowest BCUT2D eigenvalue weighted by molar-refractivity contribution is -0.117. The zero-order chi connectivity index (χ0) is 22.8. The quantitative estimate of drug-likeness (QED) is 0.604. The van der Waals surface area contributed by atoms with Gasteiger partial charge in [0.15, 0.2) is 0 Å². The molecule has 0 bridgehead atoms. The van der Waals surface area contributed by atoms with E-state index in [9.17, 15) is 14.9 Å². The van der Waals surface area contributed by atoms with Gasteiger partial charge in [0.1, 0.15) is 11.1 Å². The lowest BCUT2D eigenvalue weighted by atomic mass is 10.0. The standard InChI is InChI=1S/C25H23N5O2S/c26-13-21-18-8-11-30(25(32)28-14-16-6-9-27-10-7-16)15-22(18)33-24(21)29-23(31)20-12-19(20)17-4-2-1-3-5-17/h1-7,9-10,19-20H,8,11-12,14-15H2,(H,28,32)(H,29,31). The van der Waals surface area contributed by atoms with Gasteiger partial charge in [0.05, 0.1) is 12.1 Å². The molecule has 1 aliphatic heterocycles. The van der Waals surface area contributed by atoms with Crippen molar-refractivity contribution in [2.45, 2.75) is 31.8 Å². The molecule has 3 heterocycles. The van der Waals surface area contributed by atoms with E-state index in [0.717, 1.165) is 22.4 Å². The van der Waals surface area contributed by atoms with Crippen molar-refractivity contribution >= 4 is 28.3 Å². The van der Waals surface area contributed by atoms with Gasteiger partial charge in [-0.05, 0) is 47.6 Å². The molecule has 33 heavy (non-hydrogen) atoms. The van der Waals surface area contributed by atoms with E-state index in [4.69, 9.17) is 0 Å². The number of fused-ring (bicyclic) bond motifs is 1. The van der Waals surface area contributed by atoms with Crippen LogP contribution in [0.3, 0.4) is 0 Å². The van der Waals surface area contributed by atoms with E-state index in [1.807, 2.05) is 30.3 Å². The van der Waals surface area contributed by atoms with Crippen LogP contribution in [0.5, 0.6) is 0 Å². The van der Waals surface area contributed by atoms with Gasteiger partial charge >= 0.3 is 6.03 Å². The fraction of sp³-hybridized carbons (Fsp3) is 0.280. The summed E-state index contributed by atoms with van der Waals surface area (Å²) in [6.45, 7) is 1.40. The van der Waals surface area contributed by atoms with E-state index in [1.165, 1.54) is 16.9 Å². The molecule has 2 aromatic heterocycles. The number of rotatable bonds is 5. The number of nitrogens with one attached hydrogen (secondary N) is 2. The molecule has 1 saturated carbocycles. The second kappa shape index (κ2) is 9.04. The number of thiophene rings is 1. The first-order valence-electron chi connectivity index (χ1n) is 11.0. The summed E-state index contributed by atoms with van der Waals surface area (Å²) in [6.07, 6.45) is 4.82. The van der Waals surface area contributed by atoms with Crippen LogP contribution >= 0.6 is 11.3 Å². The SMILES string of the molecule is N#Cc1c(NC(=O)C2CC2c2ccccc2)sc2c1CCN(C(=O)NCc1ccncc1)C2. The Morgan fingerprint density at radius 3 is 2.73 bits per heavy atom. The number of carbonyl (C=O) groups excluding carboxylic acids is 2. The summed E-state index contributed by atoms with van der Waals surface area (Å²) in [5.41, 5.74) is 3.65. The molecule has 2 N–H and O–H groups in total.